The second kappa shape index (κ2) is 11.7. The molecule has 1 fully saturated rings. The molecule has 220 valence electrons. The molecule has 4 heterocycles. The van der Waals surface area contributed by atoms with Gasteiger partial charge in [0.1, 0.15) is 18.1 Å². The summed E-state index contributed by atoms with van der Waals surface area (Å²) in [6.45, 7) is 13.3. The fourth-order valence-corrected chi connectivity index (χ4v) is 5.94. The van der Waals surface area contributed by atoms with E-state index in [1.807, 2.05) is 45.0 Å². The molecule has 5 aromatic rings. The molecular weight excluding hydrogens is 552 g/mol. The van der Waals surface area contributed by atoms with Crippen LogP contribution in [0, 0.1) is 0 Å². The van der Waals surface area contributed by atoms with Gasteiger partial charge < -0.3 is 19.3 Å². The first kappa shape index (κ1) is 28.2. The minimum atomic E-state index is -0.387. The normalized spacial score (nSPS) is 14.5. The van der Waals surface area contributed by atoms with Crippen molar-refractivity contribution in [3.8, 4) is 17.0 Å². The Morgan fingerprint density at radius 3 is 2.60 bits per heavy atom. The zero-order valence-electron chi connectivity index (χ0n) is 24.4. The zero-order chi connectivity index (χ0) is 29.3. The number of aromatic nitrogens is 3. The number of rotatable bonds is 8. The van der Waals surface area contributed by atoms with Crippen molar-refractivity contribution in [3.63, 3.8) is 0 Å². The maximum absolute atomic E-state index is 12.5. The molecule has 0 radical (unpaired) electrons. The lowest BCUT2D eigenvalue weighted by Crippen LogP contribution is -2.38. The van der Waals surface area contributed by atoms with Crippen LogP contribution in [-0.2, 0) is 16.6 Å². The van der Waals surface area contributed by atoms with Crippen molar-refractivity contribution in [2.75, 3.05) is 50.1 Å². The average Bonchev–Trinajstić information content (AvgIpc) is 3.69. The second-order valence-electron chi connectivity index (χ2n) is 11.4. The first-order valence-electron chi connectivity index (χ1n) is 14.3. The standard InChI is InChI=1S/C31H36N6O4S/c1-5-20-16-24-26(17-25(20)40-15-12-36-10-13-39-14-11-36)42-30-33-23(19-37(24)30)21-6-8-22(9-7-21)32-29(38)34-28-18-27(41-35-28)31(2,3)4/h6-9,16-19H,5,10-15H2,1-4H3,(H2,32,34,35,38). The molecule has 2 aromatic carbocycles. The van der Waals surface area contributed by atoms with Crippen molar-refractivity contribution < 1.29 is 18.8 Å². The van der Waals surface area contributed by atoms with Crippen molar-refractivity contribution in [2.45, 2.75) is 39.5 Å². The molecule has 6 rings (SSSR count). The molecule has 3 aromatic heterocycles. The number of amides is 2. The minimum Gasteiger partial charge on any atom is -0.492 e. The highest BCUT2D eigenvalue weighted by Crippen LogP contribution is 2.34. The van der Waals surface area contributed by atoms with Gasteiger partial charge in [-0.15, -0.1) is 0 Å². The summed E-state index contributed by atoms with van der Waals surface area (Å²) in [6, 6.07) is 13.4. The Kier molecular flexibility index (Phi) is 7.89. The van der Waals surface area contributed by atoms with Crippen LogP contribution in [0.5, 0.6) is 5.75 Å². The van der Waals surface area contributed by atoms with Gasteiger partial charge in [0.2, 0.25) is 0 Å². The van der Waals surface area contributed by atoms with Crippen LogP contribution in [0.4, 0.5) is 16.3 Å². The van der Waals surface area contributed by atoms with E-state index in [0.717, 1.165) is 71.5 Å². The number of aryl methyl sites for hydroxylation is 1. The monoisotopic (exact) mass is 588 g/mol. The van der Waals surface area contributed by atoms with Crippen LogP contribution >= 0.6 is 11.3 Å². The summed E-state index contributed by atoms with van der Waals surface area (Å²) >= 11 is 1.65. The number of imidazole rings is 1. The molecule has 0 aliphatic carbocycles. The highest BCUT2D eigenvalue weighted by atomic mass is 32.1. The van der Waals surface area contributed by atoms with Crippen LogP contribution in [-0.4, -0.2) is 64.9 Å². The second-order valence-corrected chi connectivity index (χ2v) is 12.5. The van der Waals surface area contributed by atoms with Gasteiger partial charge in [0, 0.05) is 48.6 Å². The summed E-state index contributed by atoms with van der Waals surface area (Å²) in [7, 11) is 0. The van der Waals surface area contributed by atoms with Crippen LogP contribution in [0.1, 0.15) is 39.0 Å². The summed E-state index contributed by atoms with van der Waals surface area (Å²) in [6.07, 6.45) is 2.96. The summed E-state index contributed by atoms with van der Waals surface area (Å²) in [5.41, 5.74) is 4.63. The van der Waals surface area contributed by atoms with Gasteiger partial charge in [-0.25, -0.2) is 9.78 Å². The number of hydrogen-bond acceptors (Lipinski definition) is 8. The molecule has 0 bridgehead atoms. The van der Waals surface area contributed by atoms with E-state index in [1.54, 1.807) is 17.4 Å². The van der Waals surface area contributed by atoms with Crippen molar-refractivity contribution in [3.05, 3.63) is 60.0 Å². The molecule has 0 unspecified atom stereocenters. The molecule has 0 spiro atoms. The Bertz CT molecular complexity index is 1690. The fraction of sp³-hybridized carbons (Fsp3) is 0.387. The van der Waals surface area contributed by atoms with E-state index in [0.29, 0.717) is 23.9 Å². The molecule has 11 heteroatoms. The maximum Gasteiger partial charge on any atom is 0.324 e. The van der Waals surface area contributed by atoms with Gasteiger partial charge in [-0.1, -0.05) is 56.3 Å². The number of carbonyl (C=O) groups is 1. The predicted octanol–water partition coefficient (Wildman–Crippen LogP) is 6.42. The molecule has 1 aliphatic heterocycles. The topological polar surface area (TPSA) is 106 Å². The van der Waals surface area contributed by atoms with Gasteiger partial charge in [-0.05, 0) is 36.2 Å². The molecule has 10 nitrogen and oxygen atoms in total. The Morgan fingerprint density at radius 2 is 1.88 bits per heavy atom. The molecule has 1 saturated heterocycles. The molecular formula is C31H36N6O4S. The van der Waals surface area contributed by atoms with Crippen molar-refractivity contribution >= 4 is 44.1 Å². The van der Waals surface area contributed by atoms with Gasteiger partial charge in [-0.3, -0.25) is 14.6 Å². The Balaban J connectivity index is 1.12. The van der Waals surface area contributed by atoms with E-state index >= 15 is 0 Å². The van der Waals surface area contributed by atoms with Crippen LogP contribution in [0.25, 0.3) is 26.4 Å². The van der Waals surface area contributed by atoms with E-state index in [1.165, 1.54) is 5.56 Å². The number of thiazole rings is 1. The third-order valence-electron chi connectivity index (χ3n) is 7.36. The van der Waals surface area contributed by atoms with Gasteiger partial charge in [0.15, 0.2) is 10.8 Å². The number of ether oxygens (including phenoxy) is 2. The highest BCUT2D eigenvalue weighted by molar-refractivity contribution is 7.23. The maximum atomic E-state index is 12.5. The number of anilines is 2. The van der Waals surface area contributed by atoms with Gasteiger partial charge in [-0.2, -0.15) is 0 Å². The first-order chi connectivity index (χ1) is 20.3. The Labute approximate surface area is 248 Å². The number of nitrogens with zero attached hydrogens (tertiary/aromatic N) is 4. The first-order valence-corrected chi connectivity index (χ1v) is 15.1. The number of fused-ring (bicyclic) bond motifs is 3. The smallest absolute Gasteiger partial charge is 0.324 e. The third-order valence-corrected chi connectivity index (χ3v) is 8.37. The number of hydrogen-bond donors (Lipinski definition) is 2. The van der Waals surface area contributed by atoms with Gasteiger partial charge >= 0.3 is 6.03 Å². The van der Waals surface area contributed by atoms with E-state index in [4.69, 9.17) is 19.0 Å². The molecule has 42 heavy (non-hydrogen) atoms. The average molecular weight is 589 g/mol. The number of morpholine rings is 1. The molecule has 0 atom stereocenters. The lowest BCUT2D eigenvalue weighted by atomic mass is 9.93. The highest BCUT2D eigenvalue weighted by Gasteiger charge is 2.20. The van der Waals surface area contributed by atoms with Gasteiger partial charge in [0.25, 0.3) is 0 Å². The van der Waals surface area contributed by atoms with E-state index in [-0.39, 0.29) is 11.4 Å². The number of nitrogens with one attached hydrogen (secondary N) is 2. The van der Waals surface area contributed by atoms with Crippen LogP contribution < -0.4 is 15.4 Å². The van der Waals surface area contributed by atoms with Gasteiger partial charge in [0.05, 0.1) is 29.1 Å². The van der Waals surface area contributed by atoms with E-state index < -0.39 is 0 Å². The Hall–Kier alpha value is -3.93. The molecule has 2 amide bonds. The largest absolute Gasteiger partial charge is 0.492 e. The minimum absolute atomic E-state index is 0.189. The fourth-order valence-electron chi connectivity index (χ4n) is 4.92. The third kappa shape index (κ3) is 6.13. The number of benzene rings is 2. The predicted molar refractivity (Wildman–Crippen MR) is 166 cm³/mol. The quantitative estimate of drug-likeness (QED) is 0.215. The molecule has 2 N–H and O–H groups in total. The van der Waals surface area contributed by atoms with E-state index in [9.17, 15) is 4.79 Å². The SMILES string of the molecule is CCc1cc2c(cc1OCCN1CCOCC1)sc1nc(-c3ccc(NC(=O)Nc4cc(C(C)(C)C)on4)cc3)cn12. The van der Waals surface area contributed by atoms with Crippen LogP contribution in [0.3, 0.4) is 0 Å². The summed E-state index contributed by atoms with van der Waals surface area (Å²) in [5.74, 6) is 2.03. The molecule has 1 aliphatic rings. The summed E-state index contributed by atoms with van der Waals surface area (Å²) in [4.78, 5) is 20.7. The summed E-state index contributed by atoms with van der Waals surface area (Å²) in [5, 5.41) is 9.49. The molecule has 0 saturated carbocycles. The summed E-state index contributed by atoms with van der Waals surface area (Å²) < 4.78 is 20.3. The van der Waals surface area contributed by atoms with Crippen molar-refractivity contribution in [1.82, 2.24) is 19.4 Å². The number of carbonyl (C=O) groups excluding carboxylic acids is 1. The van der Waals surface area contributed by atoms with Crippen LogP contribution in [0.15, 0.2) is 53.2 Å². The van der Waals surface area contributed by atoms with Crippen LogP contribution in [0.2, 0.25) is 0 Å². The lowest BCUT2D eigenvalue weighted by Gasteiger charge is -2.26. The van der Waals surface area contributed by atoms with Crippen molar-refractivity contribution in [2.24, 2.45) is 0 Å². The lowest BCUT2D eigenvalue weighted by molar-refractivity contribution is 0.0322. The van der Waals surface area contributed by atoms with E-state index in [2.05, 4.69) is 50.3 Å². The Morgan fingerprint density at radius 1 is 1.10 bits per heavy atom. The number of urea groups is 1. The van der Waals surface area contributed by atoms with Crippen molar-refractivity contribution in [1.29, 1.82) is 0 Å². The zero-order valence-corrected chi connectivity index (χ0v) is 25.2.